The maximum Gasteiger partial charge on any atom is 0.295 e. The summed E-state index contributed by atoms with van der Waals surface area (Å²) >= 11 is 0. The standard InChI is InChI=1S/C23H22FNO5/c1-2-3-4-11-25-20(14-5-8-16(24)9-6-14)19(22(27)23(25)28)21(26)15-7-10-17-18(12-15)30-13-29-17/h5-10,12,20,26H,2-4,11,13H2,1H3/b21-19-. The molecule has 7 heteroatoms. The molecule has 2 aromatic carbocycles. The zero-order valence-electron chi connectivity index (χ0n) is 16.6. The minimum atomic E-state index is -0.784. The molecule has 2 aliphatic rings. The van der Waals surface area contributed by atoms with Crippen molar-refractivity contribution in [3.8, 4) is 11.5 Å². The van der Waals surface area contributed by atoms with E-state index in [2.05, 4.69) is 0 Å². The molecule has 0 radical (unpaired) electrons. The number of unbranched alkanes of at least 4 members (excludes halogenated alkanes) is 2. The average Bonchev–Trinajstić information content (AvgIpc) is 3.31. The van der Waals surface area contributed by atoms with Crippen LogP contribution in [0.25, 0.3) is 5.76 Å². The van der Waals surface area contributed by atoms with Gasteiger partial charge in [0.15, 0.2) is 11.5 Å². The van der Waals surface area contributed by atoms with Crippen LogP contribution >= 0.6 is 0 Å². The number of likely N-dealkylation sites (tertiary alicyclic amines) is 1. The molecule has 6 nitrogen and oxygen atoms in total. The Morgan fingerprint density at radius 2 is 1.83 bits per heavy atom. The highest BCUT2D eigenvalue weighted by atomic mass is 19.1. The Kier molecular flexibility index (Phi) is 5.44. The Labute approximate surface area is 173 Å². The van der Waals surface area contributed by atoms with E-state index in [9.17, 15) is 19.1 Å². The highest BCUT2D eigenvalue weighted by molar-refractivity contribution is 6.46. The van der Waals surface area contributed by atoms with Crippen molar-refractivity contribution in [1.82, 2.24) is 4.90 Å². The Morgan fingerprint density at radius 1 is 1.10 bits per heavy atom. The van der Waals surface area contributed by atoms with E-state index in [4.69, 9.17) is 9.47 Å². The lowest BCUT2D eigenvalue weighted by Gasteiger charge is -2.25. The molecule has 30 heavy (non-hydrogen) atoms. The van der Waals surface area contributed by atoms with Crippen LogP contribution in [0.5, 0.6) is 11.5 Å². The van der Waals surface area contributed by atoms with Gasteiger partial charge in [-0.15, -0.1) is 0 Å². The molecule has 1 fully saturated rings. The monoisotopic (exact) mass is 411 g/mol. The molecular formula is C23H22FNO5. The molecule has 4 rings (SSSR count). The van der Waals surface area contributed by atoms with Crippen LogP contribution < -0.4 is 9.47 Å². The second-order valence-corrected chi connectivity index (χ2v) is 7.32. The number of hydrogen-bond acceptors (Lipinski definition) is 5. The summed E-state index contributed by atoms with van der Waals surface area (Å²) in [6.07, 6.45) is 2.59. The summed E-state index contributed by atoms with van der Waals surface area (Å²) in [7, 11) is 0. The van der Waals surface area contributed by atoms with Crippen molar-refractivity contribution in [3.05, 3.63) is 65.0 Å². The van der Waals surface area contributed by atoms with Crippen LogP contribution in [0.4, 0.5) is 4.39 Å². The highest BCUT2D eigenvalue weighted by Gasteiger charge is 2.45. The summed E-state index contributed by atoms with van der Waals surface area (Å²) in [6.45, 7) is 2.50. The largest absolute Gasteiger partial charge is 0.507 e. The van der Waals surface area contributed by atoms with Crippen molar-refractivity contribution < 1.29 is 28.6 Å². The van der Waals surface area contributed by atoms with E-state index in [0.29, 0.717) is 29.2 Å². The molecule has 2 aliphatic heterocycles. The molecule has 0 saturated carbocycles. The van der Waals surface area contributed by atoms with Gasteiger partial charge in [0.05, 0.1) is 11.6 Å². The second-order valence-electron chi connectivity index (χ2n) is 7.32. The van der Waals surface area contributed by atoms with Crippen molar-refractivity contribution in [2.75, 3.05) is 13.3 Å². The minimum Gasteiger partial charge on any atom is -0.507 e. The van der Waals surface area contributed by atoms with E-state index in [1.54, 1.807) is 18.2 Å². The van der Waals surface area contributed by atoms with Gasteiger partial charge in [-0.3, -0.25) is 9.59 Å². The molecule has 2 aromatic rings. The Balaban J connectivity index is 1.80. The van der Waals surface area contributed by atoms with Gasteiger partial charge in [-0.05, 0) is 42.3 Å². The molecule has 0 aliphatic carbocycles. The van der Waals surface area contributed by atoms with Crippen LogP contribution in [0.15, 0.2) is 48.0 Å². The number of halogens is 1. The third kappa shape index (κ3) is 3.51. The van der Waals surface area contributed by atoms with Gasteiger partial charge in [-0.25, -0.2) is 4.39 Å². The highest BCUT2D eigenvalue weighted by Crippen LogP contribution is 2.41. The van der Waals surface area contributed by atoms with Crippen molar-refractivity contribution >= 4 is 17.4 Å². The number of aliphatic hydroxyl groups is 1. The first-order valence-electron chi connectivity index (χ1n) is 9.95. The summed E-state index contributed by atoms with van der Waals surface area (Å²) in [5.41, 5.74) is 0.897. The molecule has 1 N–H and O–H groups in total. The molecule has 156 valence electrons. The molecule has 1 unspecified atom stereocenters. The van der Waals surface area contributed by atoms with Crippen molar-refractivity contribution in [2.24, 2.45) is 0 Å². The third-order valence-corrected chi connectivity index (χ3v) is 5.37. The molecule has 1 atom stereocenters. The predicted molar refractivity (Wildman–Crippen MR) is 107 cm³/mol. The van der Waals surface area contributed by atoms with Gasteiger partial charge >= 0.3 is 0 Å². The van der Waals surface area contributed by atoms with Gasteiger partial charge in [0.1, 0.15) is 11.6 Å². The number of hydrogen-bond donors (Lipinski definition) is 1. The number of ketones is 1. The third-order valence-electron chi connectivity index (χ3n) is 5.37. The number of aliphatic hydroxyl groups excluding tert-OH is 1. The Morgan fingerprint density at radius 3 is 2.57 bits per heavy atom. The summed E-state index contributed by atoms with van der Waals surface area (Å²) in [4.78, 5) is 27.2. The van der Waals surface area contributed by atoms with Gasteiger partial charge in [-0.1, -0.05) is 31.9 Å². The SMILES string of the molecule is CCCCCN1C(=O)C(=O)/C(=C(\O)c2ccc3c(c2)OCO3)C1c1ccc(F)cc1. The fourth-order valence-corrected chi connectivity index (χ4v) is 3.83. The number of Topliss-reactive ketones (excluding diaryl/α,β-unsaturated/α-hetero) is 1. The molecular weight excluding hydrogens is 389 g/mol. The lowest BCUT2D eigenvalue weighted by Crippen LogP contribution is -2.30. The van der Waals surface area contributed by atoms with Crippen molar-refractivity contribution in [3.63, 3.8) is 0 Å². The van der Waals surface area contributed by atoms with Crippen LogP contribution in [-0.4, -0.2) is 35.0 Å². The van der Waals surface area contributed by atoms with Crippen LogP contribution in [0.1, 0.15) is 43.4 Å². The molecule has 0 aromatic heterocycles. The normalized spacial score (nSPS) is 19.5. The van der Waals surface area contributed by atoms with Crippen LogP contribution in [-0.2, 0) is 9.59 Å². The fourth-order valence-electron chi connectivity index (χ4n) is 3.83. The number of carbonyl (C=O) groups is 2. The first kappa shape index (κ1) is 19.9. The lowest BCUT2D eigenvalue weighted by atomic mass is 9.95. The van der Waals surface area contributed by atoms with Crippen LogP contribution in [0, 0.1) is 5.82 Å². The number of nitrogens with zero attached hydrogens (tertiary/aromatic N) is 1. The van der Waals surface area contributed by atoms with Crippen molar-refractivity contribution in [1.29, 1.82) is 0 Å². The molecule has 0 spiro atoms. The molecule has 1 saturated heterocycles. The number of carbonyl (C=O) groups excluding carboxylic acids is 2. The topological polar surface area (TPSA) is 76.1 Å². The van der Waals surface area contributed by atoms with Gasteiger partial charge in [0.2, 0.25) is 6.79 Å². The number of ether oxygens (including phenoxy) is 2. The van der Waals surface area contributed by atoms with E-state index in [0.717, 1.165) is 19.3 Å². The summed E-state index contributed by atoms with van der Waals surface area (Å²) in [5.74, 6) is -1.13. The summed E-state index contributed by atoms with van der Waals surface area (Å²) in [6, 6.07) is 9.66. The van der Waals surface area contributed by atoms with Gasteiger partial charge in [-0.2, -0.15) is 0 Å². The zero-order valence-corrected chi connectivity index (χ0v) is 16.6. The lowest BCUT2D eigenvalue weighted by molar-refractivity contribution is -0.139. The summed E-state index contributed by atoms with van der Waals surface area (Å²) in [5, 5.41) is 11.0. The number of benzene rings is 2. The van der Waals surface area contributed by atoms with E-state index in [1.165, 1.54) is 29.2 Å². The van der Waals surface area contributed by atoms with E-state index < -0.39 is 23.5 Å². The zero-order chi connectivity index (χ0) is 21.3. The first-order valence-corrected chi connectivity index (χ1v) is 9.95. The minimum absolute atomic E-state index is 0.0121. The quantitative estimate of drug-likeness (QED) is 0.334. The van der Waals surface area contributed by atoms with Gasteiger partial charge in [0, 0.05) is 12.1 Å². The van der Waals surface area contributed by atoms with Gasteiger partial charge in [0.25, 0.3) is 11.7 Å². The van der Waals surface area contributed by atoms with E-state index in [-0.39, 0.29) is 18.1 Å². The van der Waals surface area contributed by atoms with E-state index >= 15 is 0 Å². The maximum absolute atomic E-state index is 13.5. The Hall–Kier alpha value is -3.35. The maximum atomic E-state index is 13.5. The Bertz CT molecular complexity index is 1010. The predicted octanol–water partition coefficient (Wildman–Crippen LogP) is 4.17. The van der Waals surface area contributed by atoms with Gasteiger partial charge < -0.3 is 19.5 Å². The molecule has 1 amide bonds. The first-order chi connectivity index (χ1) is 14.5. The van der Waals surface area contributed by atoms with Crippen LogP contribution in [0.3, 0.4) is 0 Å². The fraction of sp³-hybridized carbons (Fsp3) is 0.304. The summed E-state index contributed by atoms with van der Waals surface area (Å²) < 4.78 is 24.1. The van der Waals surface area contributed by atoms with Crippen molar-refractivity contribution in [2.45, 2.75) is 32.2 Å². The number of amides is 1. The number of rotatable bonds is 6. The smallest absolute Gasteiger partial charge is 0.295 e. The average molecular weight is 411 g/mol. The van der Waals surface area contributed by atoms with E-state index in [1.807, 2.05) is 6.92 Å². The second kappa shape index (κ2) is 8.18. The number of fused-ring (bicyclic) bond motifs is 1. The molecule has 2 heterocycles. The van der Waals surface area contributed by atoms with Crippen LogP contribution in [0.2, 0.25) is 0 Å². The molecule has 0 bridgehead atoms.